The lowest BCUT2D eigenvalue weighted by Gasteiger charge is -2.42. The molecule has 4 unspecified atom stereocenters. The second kappa shape index (κ2) is 18.0. The van der Waals surface area contributed by atoms with Crippen LogP contribution in [0.25, 0.3) is 11.6 Å². The second-order valence-electron chi connectivity index (χ2n) is 23.6. The third-order valence-electron chi connectivity index (χ3n) is 18.7. The molecule has 0 saturated carbocycles. The smallest absolute Gasteiger partial charge is 0.0703 e. The van der Waals surface area contributed by atoms with Gasteiger partial charge in [-0.25, -0.2) is 0 Å². The highest BCUT2D eigenvalue weighted by atomic mass is 15.3. The number of benzene rings is 7. The van der Waals surface area contributed by atoms with Crippen LogP contribution < -0.4 is 19.6 Å². The van der Waals surface area contributed by atoms with Gasteiger partial charge in [-0.1, -0.05) is 186 Å². The van der Waals surface area contributed by atoms with E-state index in [0.29, 0.717) is 23.7 Å². The van der Waals surface area contributed by atoms with E-state index in [-0.39, 0.29) is 10.8 Å². The van der Waals surface area contributed by atoms with Crippen LogP contribution in [0.5, 0.6) is 0 Å². The predicted octanol–water partition coefficient (Wildman–Crippen LogP) is 19.4. The third-order valence-corrected chi connectivity index (χ3v) is 18.7. The third kappa shape index (κ3) is 7.25. The second-order valence-corrected chi connectivity index (χ2v) is 23.6. The number of nitrogens with zero attached hydrogens (tertiary/aromatic N) is 4. The van der Waals surface area contributed by atoms with E-state index >= 15 is 0 Å². The van der Waals surface area contributed by atoms with E-state index in [0.717, 1.165) is 31.4 Å². The number of hydrogen-bond acceptors (Lipinski definition) is 4. The summed E-state index contributed by atoms with van der Waals surface area (Å²) in [6.45, 7) is 9.91. The molecule has 0 N–H and O–H groups in total. The van der Waals surface area contributed by atoms with Crippen molar-refractivity contribution in [1.29, 1.82) is 0 Å². The molecule has 0 fully saturated rings. The van der Waals surface area contributed by atoms with Gasteiger partial charge in [0.05, 0.1) is 39.8 Å². The minimum atomic E-state index is -0.0313. The van der Waals surface area contributed by atoms with Crippen LogP contribution in [0.15, 0.2) is 265 Å². The Morgan fingerprint density at radius 2 is 1.17 bits per heavy atom. The molecule has 2 heterocycles. The van der Waals surface area contributed by atoms with Crippen LogP contribution in [0, 0.1) is 17.8 Å². The van der Waals surface area contributed by atoms with Crippen LogP contribution in [-0.4, -0.2) is 0 Å². The lowest BCUT2D eigenvalue weighted by Crippen LogP contribution is -2.32. The molecule has 0 aromatic heterocycles. The highest BCUT2D eigenvalue weighted by molar-refractivity contribution is 6.00. The molecule has 4 nitrogen and oxygen atoms in total. The predicted molar refractivity (Wildman–Crippen MR) is 327 cm³/mol. The van der Waals surface area contributed by atoms with Crippen molar-refractivity contribution in [3.63, 3.8) is 0 Å². The summed E-state index contributed by atoms with van der Waals surface area (Å²) >= 11 is 0. The SMILES string of the molecule is CC1(C)c2cc(N3C4=C(C=CCC4)N(c4ccccc4)c4ccccc43)ccc2C2=CC=C(/C=C/c3ccc4c(c3)C(C)(C)C3C=C(C5C=CC(N6c7ccccc7N(c7ccccc7)c7ccccc76)=CC5)C=CC43)CC21. The van der Waals surface area contributed by atoms with Crippen molar-refractivity contribution in [2.75, 3.05) is 19.6 Å². The average Bonchev–Trinajstić information content (AvgIpc) is 4.03. The fourth-order valence-corrected chi connectivity index (χ4v) is 14.7. The van der Waals surface area contributed by atoms with Gasteiger partial charge in [0.15, 0.2) is 0 Å². The first-order valence-corrected chi connectivity index (χ1v) is 28.3. The molecule has 4 atom stereocenters. The van der Waals surface area contributed by atoms with E-state index in [1.807, 2.05) is 0 Å². The molecule has 8 aliphatic rings. The number of rotatable bonds is 7. The molecular weight excluding hydrogens is 945 g/mol. The van der Waals surface area contributed by atoms with E-state index in [1.165, 1.54) is 107 Å². The molecule has 4 heteroatoms. The highest BCUT2D eigenvalue weighted by Crippen LogP contribution is 2.59. The summed E-state index contributed by atoms with van der Waals surface area (Å²) in [5.74, 6) is 1.52. The molecule has 0 saturated heterocycles. The Labute approximate surface area is 460 Å². The minimum absolute atomic E-state index is 0.00528. The molecule has 7 aromatic rings. The molecule has 7 aromatic carbocycles. The van der Waals surface area contributed by atoms with Crippen molar-refractivity contribution in [2.24, 2.45) is 17.8 Å². The zero-order valence-corrected chi connectivity index (χ0v) is 45.0. The molecule has 0 radical (unpaired) electrons. The van der Waals surface area contributed by atoms with Crippen molar-refractivity contribution in [1.82, 2.24) is 0 Å². The molecular formula is C74H64N4. The van der Waals surface area contributed by atoms with Crippen LogP contribution in [0.4, 0.5) is 51.2 Å². The summed E-state index contributed by atoms with van der Waals surface area (Å²) in [6, 6.07) is 62.7. The number of anilines is 9. The van der Waals surface area contributed by atoms with Crippen LogP contribution in [0.1, 0.15) is 87.1 Å². The largest absolute Gasteiger partial charge is 0.310 e. The lowest BCUT2D eigenvalue weighted by atomic mass is 9.71. The van der Waals surface area contributed by atoms with Gasteiger partial charge in [-0.2, -0.15) is 0 Å². The van der Waals surface area contributed by atoms with Gasteiger partial charge >= 0.3 is 0 Å². The fourth-order valence-electron chi connectivity index (χ4n) is 14.7. The van der Waals surface area contributed by atoms with Gasteiger partial charge in [-0.05, 0) is 178 Å². The van der Waals surface area contributed by atoms with Gasteiger partial charge in [0, 0.05) is 40.3 Å². The molecule has 380 valence electrons. The van der Waals surface area contributed by atoms with Gasteiger partial charge in [0.1, 0.15) is 0 Å². The molecule has 15 rings (SSSR count). The summed E-state index contributed by atoms with van der Waals surface area (Å²) in [6.07, 6.45) is 33.1. The minimum Gasteiger partial charge on any atom is -0.310 e. The topological polar surface area (TPSA) is 13.0 Å². The first-order valence-electron chi connectivity index (χ1n) is 28.3. The number of hydrogen-bond donors (Lipinski definition) is 0. The van der Waals surface area contributed by atoms with Crippen molar-refractivity contribution in [2.45, 2.75) is 70.1 Å². The summed E-state index contributed by atoms with van der Waals surface area (Å²) in [5.41, 5.74) is 26.0. The molecule has 0 spiro atoms. The normalized spacial score (nSPS) is 22.6. The van der Waals surface area contributed by atoms with Crippen molar-refractivity contribution in [3.8, 4) is 0 Å². The average molecular weight is 1010 g/mol. The molecule has 0 bridgehead atoms. The van der Waals surface area contributed by atoms with Gasteiger partial charge < -0.3 is 19.6 Å². The Morgan fingerprint density at radius 1 is 0.526 bits per heavy atom. The van der Waals surface area contributed by atoms with Gasteiger partial charge in [0.25, 0.3) is 0 Å². The summed E-state index contributed by atoms with van der Waals surface area (Å²) in [5, 5.41) is 0. The Morgan fingerprint density at radius 3 is 1.85 bits per heavy atom. The van der Waals surface area contributed by atoms with Crippen molar-refractivity contribution < 1.29 is 0 Å². The maximum absolute atomic E-state index is 2.63. The van der Waals surface area contributed by atoms with Crippen molar-refractivity contribution in [3.05, 3.63) is 293 Å². The maximum atomic E-state index is 2.63. The van der Waals surface area contributed by atoms with Crippen LogP contribution in [0.2, 0.25) is 0 Å². The lowest BCUT2D eigenvalue weighted by molar-refractivity contribution is 0.390. The fraction of sp³-hybridized carbons (Fsp3) is 0.189. The van der Waals surface area contributed by atoms with Crippen LogP contribution in [-0.2, 0) is 10.8 Å². The van der Waals surface area contributed by atoms with E-state index in [9.17, 15) is 0 Å². The van der Waals surface area contributed by atoms with Crippen LogP contribution >= 0.6 is 0 Å². The number of allylic oxidation sites excluding steroid dienone is 15. The molecule has 0 amide bonds. The Hall–Kier alpha value is -8.60. The first-order chi connectivity index (χ1) is 38.2. The molecule has 2 aliphatic heterocycles. The summed E-state index contributed by atoms with van der Waals surface area (Å²) in [4.78, 5) is 9.86. The standard InChI is InChI=1S/C74H64N4/c1-73(2)61-45-49(33-41-57(61)59-43-37-52(47-63(59)73)51-35-38-55(39-36-51)77-67-25-13-11-23-65(67)75(53-19-7-5-8-20-53)66-24-12-14-26-68(66)77)31-32-50-34-42-58-60-44-40-56(48-64(60)74(3,4)62(58)46-50)78-71-29-17-15-27-69(71)76(54-21-9-6-10-22-54)70-28-16-18-30-72(70)78/h5-17,19-29,31-35,37-45,47-48,51,59,62-63H,18,30,36,46H2,1-4H3/b32-31+. The first kappa shape index (κ1) is 46.7. The zero-order chi connectivity index (χ0) is 52.3. The zero-order valence-electron chi connectivity index (χ0n) is 45.0. The Kier molecular flexibility index (Phi) is 10.8. The van der Waals surface area contributed by atoms with E-state index in [4.69, 9.17) is 0 Å². The van der Waals surface area contributed by atoms with E-state index in [2.05, 4.69) is 290 Å². The van der Waals surface area contributed by atoms with Gasteiger partial charge in [-0.3, -0.25) is 0 Å². The van der Waals surface area contributed by atoms with E-state index < -0.39 is 0 Å². The molecule has 6 aliphatic carbocycles. The van der Waals surface area contributed by atoms with Crippen LogP contribution in [0.3, 0.4) is 0 Å². The summed E-state index contributed by atoms with van der Waals surface area (Å²) < 4.78 is 0. The van der Waals surface area contributed by atoms with Crippen molar-refractivity contribution >= 4 is 62.8 Å². The van der Waals surface area contributed by atoms with E-state index in [1.54, 1.807) is 0 Å². The molecule has 78 heavy (non-hydrogen) atoms. The van der Waals surface area contributed by atoms with Gasteiger partial charge in [0.2, 0.25) is 0 Å². The Balaban J connectivity index is 0.659. The Bertz CT molecular complexity index is 3860. The monoisotopic (exact) mass is 1010 g/mol. The highest BCUT2D eigenvalue weighted by Gasteiger charge is 2.47. The number of para-hydroxylation sites is 8. The van der Waals surface area contributed by atoms with Gasteiger partial charge in [-0.15, -0.1) is 0 Å². The maximum Gasteiger partial charge on any atom is 0.0703 e. The number of fused-ring (bicyclic) bond motifs is 9. The summed E-state index contributed by atoms with van der Waals surface area (Å²) in [7, 11) is 0. The quantitative estimate of drug-likeness (QED) is 0.158.